The Kier molecular flexibility index (Phi) is 5.23. The molecular formula is C19H32N4O3. The molecule has 146 valence electrons. The van der Waals surface area contributed by atoms with E-state index in [0.717, 1.165) is 12.8 Å². The molecule has 1 aliphatic heterocycles. The van der Waals surface area contributed by atoms with Crippen LogP contribution >= 0.6 is 0 Å². The fraction of sp³-hybridized carbons (Fsp3) is 0.789. The van der Waals surface area contributed by atoms with Crippen LogP contribution in [0.3, 0.4) is 0 Å². The topological polar surface area (TPSA) is 77.4 Å². The average molecular weight is 364 g/mol. The summed E-state index contributed by atoms with van der Waals surface area (Å²) in [5, 5.41) is 0. The van der Waals surface area contributed by atoms with Crippen molar-refractivity contribution in [2.24, 2.45) is 5.41 Å². The molecule has 1 aromatic rings. The molecule has 0 aliphatic carbocycles. The third kappa shape index (κ3) is 3.76. The Balaban J connectivity index is 2.45. The molecule has 1 aromatic heterocycles. The zero-order valence-electron chi connectivity index (χ0n) is 17.3. The Hall–Kier alpha value is -1.92. The summed E-state index contributed by atoms with van der Waals surface area (Å²) in [6, 6.07) is 0.272. The summed E-state index contributed by atoms with van der Waals surface area (Å²) in [6.07, 6.45) is 4.11. The Bertz CT molecular complexity index is 634. The summed E-state index contributed by atoms with van der Waals surface area (Å²) in [5.74, 6) is 0. The van der Waals surface area contributed by atoms with E-state index in [1.807, 2.05) is 34.6 Å². The number of ether oxygens (including phenoxy) is 2. The van der Waals surface area contributed by atoms with Crippen LogP contribution in [0.1, 0.15) is 68.2 Å². The van der Waals surface area contributed by atoms with Gasteiger partial charge >= 0.3 is 12.1 Å². The van der Waals surface area contributed by atoms with E-state index in [9.17, 15) is 4.79 Å². The molecule has 0 saturated carbocycles. The second-order valence-corrected chi connectivity index (χ2v) is 9.39. The third-order valence-electron chi connectivity index (χ3n) is 5.13. The first-order valence-electron chi connectivity index (χ1n) is 9.12. The van der Waals surface area contributed by atoms with E-state index in [-0.39, 0.29) is 17.5 Å². The van der Waals surface area contributed by atoms with E-state index in [0.29, 0.717) is 6.54 Å². The maximum absolute atomic E-state index is 12.9. The highest BCUT2D eigenvalue weighted by molar-refractivity contribution is 5.69. The molecule has 1 amide bonds. The van der Waals surface area contributed by atoms with Gasteiger partial charge < -0.3 is 9.47 Å². The van der Waals surface area contributed by atoms with Crippen LogP contribution < -0.4 is 4.74 Å². The summed E-state index contributed by atoms with van der Waals surface area (Å²) in [6.45, 7) is 16.7. The van der Waals surface area contributed by atoms with Gasteiger partial charge in [0.15, 0.2) is 0 Å². The molecule has 1 aliphatic rings. The molecule has 0 spiro atoms. The van der Waals surface area contributed by atoms with Crippen LogP contribution in [-0.2, 0) is 4.74 Å². The van der Waals surface area contributed by atoms with E-state index < -0.39 is 16.7 Å². The second-order valence-electron chi connectivity index (χ2n) is 9.39. The van der Waals surface area contributed by atoms with Crippen molar-refractivity contribution >= 4 is 6.09 Å². The quantitative estimate of drug-likeness (QED) is 0.793. The van der Waals surface area contributed by atoms with Crippen molar-refractivity contribution in [1.29, 1.82) is 0 Å². The van der Waals surface area contributed by atoms with E-state index in [4.69, 9.17) is 9.47 Å². The molecule has 0 N–H and O–H groups in total. The maximum Gasteiger partial charge on any atom is 0.410 e. The predicted molar refractivity (Wildman–Crippen MR) is 98.9 cm³/mol. The number of aromatic nitrogens is 3. The molecule has 1 saturated heterocycles. The summed E-state index contributed by atoms with van der Waals surface area (Å²) < 4.78 is 12.1. The SMILES string of the molecule is CC(C)(C)OC(=O)N1CCCC(Oc2ncncn2)(C(C)(C)C)C1(C)C. The molecule has 2 rings (SSSR count). The number of carbonyl (C=O) groups is 1. The van der Waals surface area contributed by atoms with Crippen molar-refractivity contribution in [2.75, 3.05) is 6.54 Å². The van der Waals surface area contributed by atoms with Gasteiger partial charge in [-0.15, -0.1) is 0 Å². The Morgan fingerprint density at radius 2 is 1.69 bits per heavy atom. The van der Waals surface area contributed by atoms with Crippen LogP contribution in [0.2, 0.25) is 0 Å². The van der Waals surface area contributed by atoms with Crippen molar-refractivity contribution in [2.45, 2.75) is 85.0 Å². The fourth-order valence-electron chi connectivity index (χ4n) is 3.98. The first kappa shape index (κ1) is 20.4. The zero-order chi connectivity index (χ0) is 19.8. The van der Waals surface area contributed by atoms with E-state index in [1.54, 1.807) is 4.90 Å². The Labute approximate surface area is 156 Å². The fourth-order valence-corrected chi connectivity index (χ4v) is 3.98. The van der Waals surface area contributed by atoms with Crippen molar-refractivity contribution < 1.29 is 14.3 Å². The number of nitrogens with zero attached hydrogens (tertiary/aromatic N) is 4. The second kappa shape index (κ2) is 6.67. The summed E-state index contributed by atoms with van der Waals surface area (Å²) in [5.41, 5.74) is -2.14. The number of hydrogen-bond donors (Lipinski definition) is 0. The first-order valence-corrected chi connectivity index (χ1v) is 9.12. The molecule has 2 heterocycles. The van der Waals surface area contributed by atoms with Crippen molar-refractivity contribution in [3.8, 4) is 6.01 Å². The zero-order valence-corrected chi connectivity index (χ0v) is 17.3. The standard InChI is InChI=1S/C19H32N4O3/c1-16(2,3)19(25-14-21-12-20-13-22-14)10-9-11-23(18(19,7)8)15(24)26-17(4,5)6/h12-13H,9-11H2,1-8H3. The van der Waals surface area contributed by atoms with Crippen LogP contribution in [0.15, 0.2) is 12.7 Å². The smallest absolute Gasteiger partial charge is 0.410 e. The summed E-state index contributed by atoms with van der Waals surface area (Å²) >= 11 is 0. The lowest BCUT2D eigenvalue weighted by molar-refractivity contribution is -0.165. The van der Waals surface area contributed by atoms with Gasteiger partial charge in [0.25, 0.3) is 0 Å². The highest BCUT2D eigenvalue weighted by Gasteiger charge is 2.61. The number of amides is 1. The predicted octanol–water partition coefficient (Wildman–Crippen LogP) is 3.84. The minimum atomic E-state index is -0.684. The van der Waals surface area contributed by atoms with Gasteiger partial charge in [0.1, 0.15) is 23.9 Å². The molecule has 1 unspecified atom stereocenters. The van der Waals surface area contributed by atoms with Crippen LogP contribution in [0, 0.1) is 5.41 Å². The van der Waals surface area contributed by atoms with E-state index >= 15 is 0 Å². The molecule has 1 atom stereocenters. The highest BCUT2D eigenvalue weighted by atomic mass is 16.6. The lowest BCUT2D eigenvalue weighted by atomic mass is 9.61. The number of carbonyl (C=O) groups excluding carboxylic acids is 1. The van der Waals surface area contributed by atoms with Gasteiger partial charge in [-0.2, -0.15) is 9.97 Å². The van der Waals surface area contributed by atoms with E-state index in [2.05, 4.69) is 35.7 Å². The minimum absolute atomic E-state index is 0.272. The van der Waals surface area contributed by atoms with Gasteiger partial charge in [0.2, 0.25) is 0 Å². The summed E-state index contributed by atoms with van der Waals surface area (Å²) in [7, 11) is 0. The molecule has 7 heteroatoms. The number of piperidine rings is 1. The molecule has 0 radical (unpaired) electrons. The minimum Gasteiger partial charge on any atom is -0.454 e. The van der Waals surface area contributed by atoms with Gasteiger partial charge in [-0.05, 0) is 47.5 Å². The van der Waals surface area contributed by atoms with Crippen LogP contribution in [-0.4, -0.2) is 49.2 Å². The van der Waals surface area contributed by atoms with Crippen LogP contribution in [0.25, 0.3) is 0 Å². The maximum atomic E-state index is 12.9. The Morgan fingerprint density at radius 3 is 2.19 bits per heavy atom. The Morgan fingerprint density at radius 1 is 1.12 bits per heavy atom. The largest absolute Gasteiger partial charge is 0.454 e. The van der Waals surface area contributed by atoms with Gasteiger partial charge in [-0.25, -0.2) is 9.78 Å². The van der Waals surface area contributed by atoms with E-state index in [1.165, 1.54) is 12.7 Å². The highest BCUT2D eigenvalue weighted by Crippen LogP contribution is 2.50. The third-order valence-corrected chi connectivity index (χ3v) is 5.13. The van der Waals surface area contributed by atoms with Crippen LogP contribution in [0.4, 0.5) is 4.79 Å². The van der Waals surface area contributed by atoms with Gasteiger partial charge in [0.05, 0.1) is 5.54 Å². The molecule has 0 aromatic carbocycles. The lowest BCUT2D eigenvalue weighted by Gasteiger charge is -2.59. The molecule has 1 fully saturated rings. The van der Waals surface area contributed by atoms with Crippen molar-refractivity contribution in [3.05, 3.63) is 12.7 Å². The summed E-state index contributed by atoms with van der Waals surface area (Å²) in [4.78, 5) is 26.8. The van der Waals surface area contributed by atoms with Gasteiger partial charge in [0, 0.05) is 12.0 Å². The van der Waals surface area contributed by atoms with Crippen LogP contribution in [0.5, 0.6) is 6.01 Å². The average Bonchev–Trinajstić information content (AvgIpc) is 2.47. The van der Waals surface area contributed by atoms with Crippen molar-refractivity contribution in [3.63, 3.8) is 0 Å². The normalized spacial score (nSPS) is 23.5. The molecule has 26 heavy (non-hydrogen) atoms. The first-order chi connectivity index (χ1) is 11.8. The molecule has 7 nitrogen and oxygen atoms in total. The number of rotatable bonds is 2. The molecular weight excluding hydrogens is 332 g/mol. The van der Waals surface area contributed by atoms with Crippen molar-refractivity contribution in [1.82, 2.24) is 19.9 Å². The number of hydrogen-bond acceptors (Lipinski definition) is 6. The number of likely N-dealkylation sites (tertiary alicyclic amines) is 1. The van der Waals surface area contributed by atoms with Gasteiger partial charge in [-0.1, -0.05) is 20.8 Å². The monoisotopic (exact) mass is 364 g/mol. The molecule has 0 bridgehead atoms. The van der Waals surface area contributed by atoms with Gasteiger partial charge in [-0.3, -0.25) is 4.90 Å². The lowest BCUT2D eigenvalue weighted by Crippen LogP contribution is -2.72.